The highest BCUT2D eigenvalue weighted by Gasteiger charge is 2.28. The van der Waals surface area contributed by atoms with Gasteiger partial charge in [-0.05, 0) is 31.5 Å². The summed E-state index contributed by atoms with van der Waals surface area (Å²) in [6, 6.07) is 6.09. The predicted octanol–water partition coefficient (Wildman–Crippen LogP) is 3.06. The number of carbonyl (C=O) groups excluding carboxylic acids is 1. The third kappa shape index (κ3) is 5.79. The van der Waals surface area contributed by atoms with Gasteiger partial charge in [0.2, 0.25) is 5.91 Å². The first-order chi connectivity index (χ1) is 9.19. The van der Waals surface area contributed by atoms with Crippen molar-refractivity contribution in [3.05, 3.63) is 34.9 Å². The first-order valence-electron chi connectivity index (χ1n) is 6.05. The van der Waals surface area contributed by atoms with Crippen LogP contribution in [0.5, 0.6) is 0 Å². The minimum Gasteiger partial charge on any atom is -0.346 e. The Morgan fingerprint density at radius 3 is 2.55 bits per heavy atom. The lowest BCUT2D eigenvalue weighted by Crippen LogP contribution is -2.45. The van der Waals surface area contributed by atoms with Crippen molar-refractivity contribution in [2.45, 2.75) is 32.1 Å². The van der Waals surface area contributed by atoms with Gasteiger partial charge in [0.1, 0.15) is 6.54 Å². The Labute approximate surface area is 120 Å². The minimum atomic E-state index is -4.41. The summed E-state index contributed by atoms with van der Waals surface area (Å²) in [5, 5.41) is 5.32. The van der Waals surface area contributed by atoms with E-state index in [2.05, 4.69) is 5.32 Å². The van der Waals surface area contributed by atoms with Gasteiger partial charge in [-0.3, -0.25) is 10.1 Å². The van der Waals surface area contributed by atoms with Crippen LogP contribution < -0.4 is 10.6 Å². The van der Waals surface area contributed by atoms with E-state index in [0.717, 1.165) is 5.56 Å². The fraction of sp³-hybridized carbons (Fsp3) is 0.462. The molecule has 1 rings (SSSR count). The molecule has 0 aromatic heterocycles. The molecule has 0 spiro atoms. The summed E-state index contributed by atoms with van der Waals surface area (Å²) in [6.07, 6.45) is -4.41. The number of benzene rings is 1. The highest BCUT2D eigenvalue weighted by Crippen LogP contribution is 2.18. The number of hydrogen-bond donors (Lipinski definition) is 2. The van der Waals surface area contributed by atoms with Gasteiger partial charge in [0.25, 0.3) is 0 Å². The average Bonchev–Trinajstić information content (AvgIpc) is 2.34. The maximum absolute atomic E-state index is 12.0. The second-order valence-corrected chi connectivity index (χ2v) is 4.93. The van der Waals surface area contributed by atoms with Crippen LogP contribution in [0.2, 0.25) is 5.02 Å². The number of nitrogens with one attached hydrogen (secondary N) is 2. The summed E-state index contributed by atoms with van der Waals surface area (Å²) in [4.78, 5) is 11.5. The number of halogens is 4. The van der Waals surface area contributed by atoms with Crippen LogP contribution in [0.3, 0.4) is 0 Å². The molecule has 0 aliphatic carbocycles. The van der Waals surface area contributed by atoms with Crippen molar-refractivity contribution in [3.8, 4) is 0 Å². The molecule has 7 heteroatoms. The van der Waals surface area contributed by atoms with E-state index >= 15 is 0 Å². The van der Waals surface area contributed by atoms with Gasteiger partial charge in [-0.25, -0.2) is 0 Å². The van der Waals surface area contributed by atoms with E-state index in [9.17, 15) is 18.0 Å². The van der Waals surface area contributed by atoms with Crippen molar-refractivity contribution in [1.29, 1.82) is 0 Å². The highest BCUT2D eigenvalue weighted by molar-refractivity contribution is 6.30. The summed E-state index contributed by atoms with van der Waals surface area (Å²) in [6.45, 7) is 1.98. The van der Waals surface area contributed by atoms with Gasteiger partial charge < -0.3 is 5.32 Å². The largest absolute Gasteiger partial charge is 0.405 e. The summed E-state index contributed by atoms with van der Waals surface area (Å²) >= 11 is 5.86. The second kappa shape index (κ2) is 6.95. The van der Waals surface area contributed by atoms with Crippen LogP contribution in [0.15, 0.2) is 24.3 Å². The van der Waals surface area contributed by atoms with Crippen molar-refractivity contribution in [3.63, 3.8) is 0 Å². The molecule has 20 heavy (non-hydrogen) atoms. The van der Waals surface area contributed by atoms with Gasteiger partial charge in [-0.15, -0.1) is 0 Å². The van der Waals surface area contributed by atoms with Crippen LogP contribution in [0.1, 0.15) is 25.5 Å². The Morgan fingerprint density at radius 1 is 1.35 bits per heavy atom. The quantitative estimate of drug-likeness (QED) is 0.878. The van der Waals surface area contributed by atoms with E-state index in [1.54, 1.807) is 25.1 Å². The molecule has 2 atom stereocenters. The van der Waals surface area contributed by atoms with E-state index in [0.29, 0.717) is 5.02 Å². The molecule has 0 bridgehead atoms. The lowest BCUT2D eigenvalue weighted by Gasteiger charge is -2.20. The SMILES string of the molecule is CC(NC(C)c1cccc(Cl)c1)C(=O)NCC(F)(F)F. The van der Waals surface area contributed by atoms with Gasteiger partial charge in [-0.2, -0.15) is 13.2 Å². The topological polar surface area (TPSA) is 41.1 Å². The second-order valence-electron chi connectivity index (χ2n) is 4.50. The minimum absolute atomic E-state index is 0.208. The average molecular weight is 309 g/mol. The molecular formula is C13H16ClF3N2O. The van der Waals surface area contributed by atoms with E-state index in [1.165, 1.54) is 6.92 Å². The molecule has 0 saturated carbocycles. The lowest BCUT2D eigenvalue weighted by atomic mass is 10.1. The fourth-order valence-electron chi connectivity index (χ4n) is 1.66. The normalized spacial score (nSPS) is 14.7. The molecule has 0 saturated heterocycles. The van der Waals surface area contributed by atoms with Gasteiger partial charge in [0.05, 0.1) is 6.04 Å². The van der Waals surface area contributed by atoms with E-state index in [-0.39, 0.29) is 6.04 Å². The molecule has 3 nitrogen and oxygen atoms in total. The summed E-state index contributed by atoms with van der Waals surface area (Å²) in [5.74, 6) is -0.698. The molecule has 2 N–H and O–H groups in total. The smallest absolute Gasteiger partial charge is 0.346 e. The number of rotatable bonds is 5. The van der Waals surface area contributed by atoms with Crippen LogP contribution in [-0.2, 0) is 4.79 Å². The zero-order valence-electron chi connectivity index (χ0n) is 11.1. The standard InChI is InChI=1S/C13H16ClF3N2O/c1-8(10-4-3-5-11(14)6-10)19-9(2)12(20)18-7-13(15,16)17/h3-6,8-9,19H,7H2,1-2H3,(H,18,20). The molecule has 0 aliphatic rings. The fourth-order valence-corrected chi connectivity index (χ4v) is 1.86. The van der Waals surface area contributed by atoms with E-state index in [1.807, 2.05) is 11.4 Å². The summed E-state index contributed by atoms with van der Waals surface area (Å²) < 4.78 is 36.0. The Morgan fingerprint density at radius 2 is 2.00 bits per heavy atom. The van der Waals surface area contributed by atoms with Crippen molar-refractivity contribution < 1.29 is 18.0 Å². The maximum Gasteiger partial charge on any atom is 0.405 e. The van der Waals surface area contributed by atoms with E-state index in [4.69, 9.17) is 11.6 Å². The van der Waals surface area contributed by atoms with E-state index < -0.39 is 24.7 Å². The number of alkyl halides is 3. The molecule has 1 aromatic carbocycles. The van der Waals surface area contributed by atoms with Gasteiger partial charge in [0.15, 0.2) is 0 Å². The van der Waals surface area contributed by atoms with Crippen LogP contribution in [0.4, 0.5) is 13.2 Å². The summed E-state index contributed by atoms with van der Waals surface area (Å²) in [7, 11) is 0. The van der Waals surface area contributed by atoms with Gasteiger partial charge >= 0.3 is 6.18 Å². The van der Waals surface area contributed by atoms with Crippen molar-refractivity contribution in [2.75, 3.05) is 6.54 Å². The van der Waals surface area contributed by atoms with Gasteiger partial charge in [-0.1, -0.05) is 23.7 Å². The Bertz CT molecular complexity index is 465. The third-order valence-corrected chi connectivity index (χ3v) is 2.94. The molecule has 0 heterocycles. The lowest BCUT2D eigenvalue weighted by molar-refractivity contribution is -0.139. The monoisotopic (exact) mass is 308 g/mol. The van der Waals surface area contributed by atoms with Crippen LogP contribution in [-0.4, -0.2) is 24.7 Å². The molecule has 0 aliphatic heterocycles. The Kier molecular flexibility index (Phi) is 5.83. The summed E-state index contributed by atoms with van der Waals surface area (Å²) in [5.41, 5.74) is 0.855. The van der Waals surface area contributed by atoms with Gasteiger partial charge in [0, 0.05) is 11.1 Å². The molecule has 2 unspecified atom stereocenters. The number of hydrogen-bond acceptors (Lipinski definition) is 2. The zero-order chi connectivity index (χ0) is 15.3. The zero-order valence-corrected chi connectivity index (χ0v) is 11.8. The first-order valence-corrected chi connectivity index (χ1v) is 6.43. The van der Waals surface area contributed by atoms with Crippen molar-refractivity contribution >= 4 is 17.5 Å². The third-order valence-electron chi connectivity index (χ3n) is 2.71. The van der Waals surface area contributed by atoms with Crippen molar-refractivity contribution in [1.82, 2.24) is 10.6 Å². The molecule has 0 radical (unpaired) electrons. The number of amides is 1. The Balaban J connectivity index is 2.53. The predicted molar refractivity (Wildman–Crippen MR) is 71.5 cm³/mol. The van der Waals surface area contributed by atoms with Crippen molar-refractivity contribution in [2.24, 2.45) is 0 Å². The molecule has 1 aromatic rings. The van der Waals surface area contributed by atoms with Crippen LogP contribution in [0.25, 0.3) is 0 Å². The molecule has 1 amide bonds. The number of carbonyl (C=O) groups is 1. The maximum atomic E-state index is 12.0. The first kappa shape index (κ1) is 16.8. The molecular weight excluding hydrogens is 293 g/mol. The Hall–Kier alpha value is -1.27. The highest BCUT2D eigenvalue weighted by atomic mass is 35.5. The van der Waals surface area contributed by atoms with Crippen LogP contribution >= 0.6 is 11.6 Å². The molecule has 0 fully saturated rings. The molecule has 112 valence electrons. The van der Waals surface area contributed by atoms with Crippen LogP contribution in [0, 0.1) is 0 Å².